The van der Waals surface area contributed by atoms with Crippen LogP contribution < -0.4 is 5.32 Å². The maximum Gasteiger partial charge on any atom is 0.451 e. The summed E-state index contributed by atoms with van der Waals surface area (Å²) in [4.78, 5) is 7.07. The summed E-state index contributed by atoms with van der Waals surface area (Å²) in [6.45, 7) is 2.27. The molecule has 0 fully saturated rings. The van der Waals surface area contributed by atoms with Crippen LogP contribution >= 0.6 is 15.9 Å². The van der Waals surface area contributed by atoms with Gasteiger partial charge in [-0.2, -0.15) is 13.2 Å². The average Bonchev–Trinajstić information content (AvgIpc) is 2.28. The molecule has 0 aliphatic carbocycles. The van der Waals surface area contributed by atoms with Gasteiger partial charge in [-0.15, -0.1) is 0 Å². The Morgan fingerprint density at radius 2 is 2.00 bits per heavy atom. The van der Waals surface area contributed by atoms with E-state index in [4.69, 9.17) is 0 Å². The predicted octanol–water partition coefficient (Wildman–Crippen LogP) is 3.84. The maximum atomic E-state index is 12.7. The van der Waals surface area contributed by atoms with E-state index in [9.17, 15) is 13.2 Å². The Kier molecular flexibility index (Phi) is 3.43. The van der Waals surface area contributed by atoms with Gasteiger partial charge in [0.1, 0.15) is 5.82 Å². The van der Waals surface area contributed by atoms with E-state index in [-0.39, 0.29) is 11.3 Å². The normalized spacial score (nSPS) is 11.8. The van der Waals surface area contributed by atoms with Crippen molar-refractivity contribution >= 4 is 32.7 Å². The highest BCUT2D eigenvalue weighted by Crippen LogP contribution is 2.31. The molecule has 0 aliphatic rings. The molecule has 96 valence electrons. The van der Waals surface area contributed by atoms with Gasteiger partial charge < -0.3 is 5.32 Å². The lowest BCUT2D eigenvalue weighted by Crippen LogP contribution is -2.13. The van der Waals surface area contributed by atoms with Crippen LogP contribution in [0.4, 0.5) is 19.0 Å². The van der Waals surface area contributed by atoms with Crippen molar-refractivity contribution in [3.8, 4) is 0 Å². The summed E-state index contributed by atoms with van der Waals surface area (Å²) in [5.74, 6) is -0.940. The molecule has 0 amide bonds. The molecular formula is C11H9BrF3N3. The van der Waals surface area contributed by atoms with E-state index < -0.39 is 12.0 Å². The Labute approximate surface area is 110 Å². The Morgan fingerprint density at radius 1 is 1.28 bits per heavy atom. The molecule has 0 saturated carbocycles. The quantitative estimate of drug-likeness (QED) is 0.913. The molecule has 18 heavy (non-hydrogen) atoms. The highest BCUT2D eigenvalue weighted by Gasteiger charge is 2.35. The lowest BCUT2D eigenvalue weighted by Gasteiger charge is -2.11. The Morgan fingerprint density at radius 3 is 2.61 bits per heavy atom. The molecule has 0 aliphatic heterocycles. The number of hydrogen-bond acceptors (Lipinski definition) is 3. The molecular weight excluding hydrogens is 311 g/mol. The minimum absolute atomic E-state index is 0.191. The lowest BCUT2D eigenvalue weighted by molar-refractivity contribution is -0.144. The smallest absolute Gasteiger partial charge is 0.370 e. The van der Waals surface area contributed by atoms with Crippen LogP contribution in [0.5, 0.6) is 0 Å². The van der Waals surface area contributed by atoms with Gasteiger partial charge in [-0.25, -0.2) is 9.97 Å². The first-order chi connectivity index (χ1) is 8.41. The number of halogens is 4. The van der Waals surface area contributed by atoms with Crippen molar-refractivity contribution in [3.63, 3.8) is 0 Å². The largest absolute Gasteiger partial charge is 0.451 e. The molecule has 2 rings (SSSR count). The van der Waals surface area contributed by atoms with Gasteiger partial charge in [0.05, 0.1) is 5.52 Å². The number of alkyl halides is 3. The standard InChI is InChI=1S/C11H9BrF3N3/c1-2-16-9-7-5-6(12)3-4-8(7)17-10(18-9)11(13,14)15/h3-5H,2H2,1H3,(H,16,17,18). The molecule has 1 heterocycles. The van der Waals surface area contributed by atoms with E-state index in [1.807, 2.05) is 0 Å². The molecule has 1 aromatic carbocycles. The van der Waals surface area contributed by atoms with Gasteiger partial charge in [0.15, 0.2) is 0 Å². The van der Waals surface area contributed by atoms with E-state index in [0.717, 1.165) is 4.47 Å². The molecule has 0 atom stereocenters. The first-order valence-electron chi connectivity index (χ1n) is 5.20. The fraction of sp³-hybridized carbons (Fsp3) is 0.273. The number of hydrogen-bond donors (Lipinski definition) is 1. The fourth-order valence-corrected chi connectivity index (χ4v) is 1.89. The van der Waals surface area contributed by atoms with Gasteiger partial charge in [-0.05, 0) is 25.1 Å². The van der Waals surface area contributed by atoms with Gasteiger partial charge in [0.2, 0.25) is 5.82 Å². The molecule has 1 aromatic heterocycles. The number of anilines is 1. The average molecular weight is 320 g/mol. The third-order valence-electron chi connectivity index (χ3n) is 2.26. The highest BCUT2D eigenvalue weighted by atomic mass is 79.9. The third-order valence-corrected chi connectivity index (χ3v) is 2.75. The van der Waals surface area contributed by atoms with Crippen molar-refractivity contribution in [1.29, 1.82) is 0 Å². The molecule has 7 heteroatoms. The predicted molar refractivity (Wildman–Crippen MR) is 66.4 cm³/mol. The molecule has 0 saturated heterocycles. The Hall–Kier alpha value is -1.37. The van der Waals surface area contributed by atoms with E-state index in [2.05, 4.69) is 31.2 Å². The van der Waals surface area contributed by atoms with Crippen molar-refractivity contribution in [1.82, 2.24) is 9.97 Å². The van der Waals surface area contributed by atoms with Crippen LogP contribution in [0.1, 0.15) is 12.7 Å². The molecule has 0 radical (unpaired) electrons. The number of fused-ring (bicyclic) bond motifs is 1. The van der Waals surface area contributed by atoms with Crippen molar-refractivity contribution in [3.05, 3.63) is 28.5 Å². The summed E-state index contributed by atoms with van der Waals surface area (Å²) in [5, 5.41) is 3.37. The van der Waals surface area contributed by atoms with Crippen molar-refractivity contribution < 1.29 is 13.2 Å². The maximum absolute atomic E-state index is 12.7. The lowest BCUT2D eigenvalue weighted by atomic mass is 10.2. The molecule has 0 bridgehead atoms. The van der Waals surface area contributed by atoms with E-state index in [0.29, 0.717) is 11.9 Å². The number of nitrogens with one attached hydrogen (secondary N) is 1. The summed E-state index contributed by atoms with van der Waals surface area (Å²) < 4.78 is 38.7. The molecule has 2 aromatic rings. The van der Waals surface area contributed by atoms with Gasteiger partial charge in [0, 0.05) is 16.4 Å². The summed E-state index contributed by atoms with van der Waals surface area (Å²) in [6, 6.07) is 4.86. The van der Waals surface area contributed by atoms with Gasteiger partial charge in [0.25, 0.3) is 0 Å². The first-order valence-corrected chi connectivity index (χ1v) is 5.99. The van der Waals surface area contributed by atoms with E-state index in [1.54, 1.807) is 19.1 Å². The summed E-state index contributed by atoms with van der Waals surface area (Å²) in [5.41, 5.74) is 0.261. The zero-order valence-electron chi connectivity index (χ0n) is 9.35. The zero-order chi connectivity index (χ0) is 13.3. The van der Waals surface area contributed by atoms with Crippen LogP contribution in [0.3, 0.4) is 0 Å². The number of nitrogens with zero attached hydrogens (tertiary/aromatic N) is 2. The Bertz CT molecular complexity index is 583. The summed E-state index contributed by atoms with van der Waals surface area (Å²) >= 11 is 3.27. The second kappa shape index (κ2) is 4.72. The van der Waals surface area contributed by atoms with Crippen LogP contribution in [0, 0.1) is 0 Å². The number of rotatable bonds is 2. The molecule has 0 spiro atoms. The fourth-order valence-electron chi connectivity index (χ4n) is 1.53. The van der Waals surface area contributed by atoms with E-state index in [1.165, 1.54) is 6.07 Å². The Balaban J connectivity index is 2.70. The highest BCUT2D eigenvalue weighted by molar-refractivity contribution is 9.10. The first kappa shape index (κ1) is 13.1. The van der Waals surface area contributed by atoms with Crippen molar-refractivity contribution in [2.24, 2.45) is 0 Å². The third kappa shape index (κ3) is 2.55. The number of benzene rings is 1. The van der Waals surface area contributed by atoms with Gasteiger partial charge in [-0.1, -0.05) is 15.9 Å². The van der Waals surface area contributed by atoms with Gasteiger partial charge >= 0.3 is 6.18 Å². The van der Waals surface area contributed by atoms with Crippen LogP contribution in [-0.2, 0) is 6.18 Å². The molecule has 1 N–H and O–H groups in total. The van der Waals surface area contributed by atoms with Crippen molar-refractivity contribution in [2.45, 2.75) is 13.1 Å². The molecule has 0 unspecified atom stereocenters. The summed E-state index contributed by atoms with van der Waals surface area (Å²) in [7, 11) is 0. The van der Waals surface area contributed by atoms with Crippen LogP contribution in [0.2, 0.25) is 0 Å². The minimum Gasteiger partial charge on any atom is -0.370 e. The monoisotopic (exact) mass is 319 g/mol. The number of aromatic nitrogens is 2. The van der Waals surface area contributed by atoms with Crippen LogP contribution in [0.25, 0.3) is 10.9 Å². The minimum atomic E-state index is -4.55. The SMILES string of the molecule is CCNc1nc(C(F)(F)F)nc2ccc(Br)cc12. The van der Waals surface area contributed by atoms with E-state index >= 15 is 0 Å². The van der Waals surface area contributed by atoms with Gasteiger partial charge in [-0.3, -0.25) is 0 Å². The molecule has 3 nitrogen and oxygen atoms in total. The van der Waals surface area contributed by atoms with Crippen LogP contribution in [-0.4, -0.2) is 16.5 Å². The van der Waals surface area contributed by atoms with Crippen LogP contribution in [0.15, 0.2) is 22.7 Å². The second-order valence-electron chi connectivity index (χ2n) is 3.59. The summed E-state index contributed by atoms with van der Waals surface area (Å²) in [6.07, 6.45) is -4.55. The second-order valence-corrected chi connectivity index (χ2v) is 4.50. The zero-order valence-corrected chi connectivity index (χ0v) is 10.9. The van der Waals surface area contributed by atoms with Crippen molar-refractivity contribution in [2.75, 3.05) is 11.9 Å². The topological polar surface area (TPSA) is 37.8 Å².